The standard InChI is InChI=1S/C19H15N5O2/c20-7-11-1-3-13-12(5-11)2-4-16(13)26-18-6-14(15(21)8-24-18)19(22)17-9-23-10-25-17/h1,3,5-6,8-10,16,22H,2,4,21H2. The van der Waals surface area contributed by atoms with Gasteiger partial charge in [-0.2, -0.15) is 5.26 Å². The average Bonchev–Trinajstić information content (AvgIpc) is 3.32. The Morgan fingerprint density at radius 3 is 3.00 bits per heavy atom. The van der Waals surface area contributed by atoms with Gasteiger partial charge in [-0.3, -0.25) is 5.41 Å². The van der Waals surface area contributed by atoms with Gasteiger partial charge in [0, 0.05) is 11.6 Å². The molecule has 1 unspecified atom stereocenters. The maximum Gasteiger partial charge on any atom is 0.214 e. The largest absolute Gasteiger partial charge is 0.469 e. The summed E-state index contributed by atoms with van der Waals surface area (Å²) in [5, 5.41) is 17.3. The first-order valence-electron chi connectivity index (χ1n) is 8.08. The fraction of sp³-hybridized carbons (Fsp3) is 0.158. The molecule has 2 heterocycles. The van der Waals surface area contributed by atoms with Crippen molar-refractivity contribution in [2.24, 2.45) is 0 Å². The third-order valence-corrected chi connectivity index (χ3v) is 4.42. The minimum Gasteiger partial charge on any atom is -0.469 e. The summed E-state index contributed by atoms with van der Waals surface area (Å²) in [4.78, 5) is 8.06. The number of fused-ring (bicyclic) bond motifs is 1. The smallest absolute Gasteiger partial charge is 0.214 e. The molecule has 0 radical (unpaired) electrons. The van der Waals surface area contributed by atoms with Gasteiger partial charge in [0.1, 0.15) is 11.8 Å². The third kappa shape index (κ3) is 2.78. The van der Waals surface area contributed by atoms with Crippen LogP contribution in [0.15, 0.2) is 47.5 Å². The molecule has 26 heavy (non-hydrogen) atoms. The number of pyridine rings is 1. The number of aryl methyl sites for hydroxylation is 1. The third-order valence-electron chi connectivity index (χ3n) is 4.42. The van der Waals surface area contributed by atoms with Gasteiger partial charge < -0.3 is 14.9 Å². The van der Waals surface area contributed by atoms with Crippen LogP contribution in [-0.4, -0.2) is 15.7 Å². The first kappa shape index (κ1) is 15.8. The van der Waals surface area contributed by atoms with Crippen LogP contribution in [0, 0.1) is 16.7 Å². The van der Waals surface area contributed by atoms with Crippen molar-refractivity contribution in [2.75, 3.05) is 5.73 Å². The Morgan fingerprint density at radius 2 is 2.23 bits per heavy atom. The summed E-state index contributed by atoms with van der Waals surface area (Å²) >= 11 is 0. The molecule has 0 fully saturated rings. The maximum atomic E-state index is 9.02. The van der Waals surface area contributed by atoms with Gasteiger partial charge in [-0.15, -0.1) is 0 Å². The predicted octanol–water partition coefficient (Wildman–Crippen LogP) is 3.01. The summed E-state index contributed by atoms with van der Waals surface area (Å²) in [6.45, 7) is 0. The highest BCUT2D eigenvalue weighted by molar-refractivity contribution is 6.12. The second-order valence-electron chi connectivity index (χ2n) is 6.02. The number of nitrogens with two attached hydrogens (primary N) is 1. The van der Waals surface area contributed by atoms with Crippen LogP contribution < -0.4 is 10.5 Å². The average molecular weight is 345 g/mol. The number of rotatable bonds is 4. The van der Waals surface area contributed by atoms with Crippen molar-refractivity contribution in [1.29, 1.82) is 10.7 Å². The highest BCUT2D eigenvalue weighted by Gasteiger charge is 2.25. The van der Waals surface area contributed by atoms with E-state index in [0.29, 0.717) is 28.5 Å². The minimum absolute atomic E-state index is 0.123. The van der Waals surface area contributed by atoms with Crippen molar-refractivity contribution in [1.82, 2.24) is 9.97 Å². The fourth-order valence-electron chi connectivity index (χ4n) is 3.12. The molecule has 0 saturated heterocycles. The summed E-state index contributed by atoms with van der Waals surface area (Å²) < 4.78 is 11.2. The molecule has 1 atom stereocenters. The van der Waals surface area contributed by atoms with Gasteiger partial charge in [0.2, 0.25) is 5.88 Å². The van der Waals surface area contributed by atoms with Gasteiger partial charge in [0.25, 0.3) is 0 Å². The van der Waals surface area contributed by atoms with E-state index in [2.05, 4.69) is 16.0 Å². The van der Waals surface area contributed by atoms with Crippen LogP contribution in [0.5, 0.6) is 5.88 Å². The van der Waals surface area contributed by atoms with Crippen molar-refractivity contribution < 1.29 is 9.15 Å². The lowest BCUT2D eigenvalue weighted by atomic mass is 10.1. The number of aromatic nitrogens is 2. The van der Waals surface area contributed by atoms with Crippen molar-refractivity contribution in [3.05, 3.63) is 71.1 Å². The van der Waals surface area contributed by atoms with Crippen molar-refractivity contribution in [3.63, 3.8) is 0 Å². The van der Waals surface area contributed by atoms with Crippen LogP contribution in [0.25, 0.3) is 0 Å². The van der Waals surface area contributed by atoms with Gasteiger partial charge in [0.15, 0.2) is 12.2 Å². The SMILES string of the molecule is N#Cc1ccc2c(c1)CCC2Oc1cc(C(=N)c2cnco2)c(N)cn1. The summed E-state index contributed by atoms with van der Waals surface area (Å²) in [5.74, 6) is 0.713. The topological polar surface area (TPSA) is 122 Å². The van der Waals surface area contributed by atoms with Crippen LogP contribution >= 0.6 is 0 Å². The Bertz CT molecular complexity index is 1020. The second-order valence-corrected chi connectivity index (χ2v) is 6.02. The van der Waals surface area contributed by atoms with Crippen LogP contribution in [0.1, 0.15) is 40.5 Å². The zero-order chi connectivity index (χ0) is 18.1. The van der Waals surface area contributed by atoms with Crippen molar-refractivity contribution >= 4 is 11.4 Å². The molecule has 7 heteroatoms. The van der Waals surface area contributed by atoms with E-state index in [9.17, 15) is 0 Å². The molecular weight excluding hydrogens is 330 g/mol. The number of hydrogen-bond donors (Lipinski definition) is 2. The first-order chi connectivity index (χ1) is 12.7. The van der Waals surface area contributed by atoms with E-state index in [1.807, 2.05) is 12.1 Å². The monoisotopic (exact) mass is 345 g/mol. The predicted molar refractivity (Wildman–Crippen MR) is 93.9 cm³/mol. The molecule has 1 aliphatic carbocycles. The Kier molecular flexibility index (Phi) is 3.86. The normalized spacial score (nSPS) is 15.3. The quantitative estimate of drug-likeness (QED) is 0.701. The first-order valence-corrected chi connectivity index (χ1v) is 8.08. The maximum absolute atomic E-state index is 9.02. The lowest BCUT2D eigenvalue weighted by molar-refractivity contribution is 0.199. The number of benzene rings is 1. The molecule has 0 amide bonds. The van der Waals surface area contributed by atoms with Crippen LogP contribution in [0.3, 0.4) is 0 Å². The second kappa shape index (κ2) is 6.33. The van der Waals surface area contributed by atoms with Gasteiger partial charge in [-0.1, -0.05) is 6.07 Å². The van der Waals surface area contributed by atoms with E-state index in [-0.39, 0.29) is 11.8 Å². The summed E-state index contributed by atoms with van der Waals surface area (Å²) in [7, 11) is 0. The number of nitrogens with one attached hydrogen (secondary N) is 1. The lowest BCUT2D eigenvalue weighted by Gasteiger charge is -2.15. The molecule has 0 saturated carbocycles. The van der Waals surface area contributed by atoms with Crippen molar-refractivity contribution in [2.45, 2.75) is 18.9 Å². The van der Waals surface area contributed by atoms with Gasteiger partial charge >= 0.3 is 0 Å². The van der Waals surface area contributed by atoms with Crippen LogP contribution in [0.2, 0.25) is 0 Å². The summed E-state index contributed by atoms with van der Waals surface area (Å²) in [6.07, 6.45) is 5.73. The number of nitrogens with zero attached hydrogens (tertiary/aromatic N) is 3. The molecule has 128 valence electrons. The molecule has 0 spiro atoms. The fourth-order valence-corrected chi connectivity index (χ4v) is 3.12. The van der Waals surface area contributed by atoms with E-state index >= 15 is 0 Å². The molecule has 3 aromatic rings. The molecule has 0 bridgehead atoms. The molecule has 3 N–H and O–H groups in total. The zero-order valence-electron chi connectivity index (χ0n) is 13.8. The number of nitrogen functional groups attached to an aromatic ring is 1. The Labute approximate surface area is 149 Å². The molecule has 7 nitrogen and oxygen atoms in total. The highest BCUT2D eigenvalue weighted by Crippen LogP contribution is 2.35. The number of anilines is 1. The van der Waals surface area contributed by atoms with Gasteiger partial charge in [-0.25, -0.2) is 9.97 Å². The molecule has 1 aliphatic rings. The zero-order valence-corrected chi connectivity index (χ0v) is 13.8. The lowest BCUT2D eigenvalue weighted by Crippen LogP contribution is -2.09. The van der Waals surface area contributed by atoms with Crippen LogP contribution in [0.4, 0.5) is 5.69 Å². The van der Waals surface area contributed by atoms with E-state index in [0.717, 1.165) is 24.0 Å². The number of ether oxygens (including phenoxy) is 1. The Hall–Kier alpha value is -3.66. The molecule has 4 rings (SSSR count). The Morgan fingerprint density at radius 1 is 1.35 bits per heavy atom. The van der Waals surface area contributed by atoms with E-state index < -0.39 is 0 Å². The summed E-state index contributed by atoms with van der Waals surface area (Å²) in [6, 6.07) is 9.42. The number of oxazole rings is 1. The Balaban J connectivity index is 1.60. The van der Waals surface area contributed by atoms with E-state index in [4.69, 9.17) is 25.6 Å². The molecule has 1 aromatic carbocycles. The highest BCUT2D eigenvalue weighted by atomic mass is 16.5. The number of hydrogen-bond acceptors (Lipinski definition) is 7. The van der Waals surface area contributed by atoms with E-state index in [1.165, 1.54) is 18.8 Å². The van der Waals surface area contributed by atoms with E-state index in [1.54, 1.807) is 12.1 Å². The van der Waals surface area contributed by atoms with Gasteiger partial charge in [-0.05, 0) is 36.1 Å². The van der Waals surface area contributed by atoms with Gasteiger partial charge in [0.05, 0.1) is 29.7 Å². The molecule has 0 aliphatic heterocycles. The van der Waals surface area contributed by atoms with Crippen molar-refractivity contribution in [3.8, 4) is 11.9 Å². The minimum atomic E-state index is -0.138. The molecular formula is C19H15N5O2. The summed E-state index contributed by atoms with van der Waals surface area (Å²) in [5.41, 5.74) is 9.77. The molecule has 2 aromatic heterocycles. The number of nitriles is 1. The van der Waals surface area contributed by atoms with Crippen LogP contribution in [-0.2, 0) is 6.42 Å².